The Morgan fingerprint density at radius 3 is 2.21 bits per heavy atom. The van der Waals surface area contributed by atoms with E-state index in [9.17, 15) is 13.2 Å². The molecule has 1 fully saturated rings. The van der Waals surface area contributed by atoms with Crippen molar-refractivity contribution >= 4 is 29.9 Å². The zero-order valence-corrected chi connectivity index (χ0v) is 19.8. The van der Waals surface area contributed by atoms with Gasteiger partial charge in [0, 0.05) is 25.2 Å². The topological polar surface area (TPSA) is 48.9 Å². The van der Waals surface area contributed by atoms with Crippen molar-refractivity contribution in [1.29, 1.82) is 0 Å². The van der Waals surface area contributed by atoms with Gasteiger partial charge in [0.1, 0.15) is 0 Å². The van der Waals surface area contributed by atoms with Crippen LogP contribution < -0.4 is 10.6 Å². The Kier molecular flexibility index (Phi) is 10.2. The molecule has 0 aliphatic carbocycles. The molecule has 166 valence electrons. The number of benzene rings is 1. The van der Waals surface area contributed by atoms with Crippen LogP contribution in [0.25, 0.3) is 0 Å². The highest BCUT2D eigenvalue weighted by atomic mass is 127. The summed E-state index contributed by atoms with van der Waals surface area (Å²) in [4.78, 5) is 6.93. The molecule has 1 aromatic carbocycles. The molecule has 0 amide bonds. The summed E-state index contributed by atoms with van der Waals surface area (Å²) in [5, 5.41) is 6.57. The molecule has 0 saturated carbocycles. The molecule has 1 unspecified atom stereocenters. The number of morpholine rings is 1. The number of aliphatic imine (C=N–C) groups is 1. The summed E-state index contributed by atoms with van der Waals surface area (Å²) < 4.78 is 44.1. The lowest BCUT2D eigenvalue weighted by atomic mass is 10.0. The van der Waals surface area contributed by atoms with Crippen LogP contribution in [0.1, 0.15) is 44.9 Å². The molecule has 1 heterocycles. The highest BCUT2D eigenvalue weighted by Gasteiger charge is 2.31. The van der Waals surface area contributed by atoms with Crippen LogP contribution in [0.3, 0.4) is 0 Å². The highest BCUT2D eigenvalue weighted by Crippen LogP contribution is 2.31. The van der Waals surface area contributed by atoms with E-state index in [4.69, 9.17) is 9.73 Å². The molecule has 2 N–H and O–H groups in total. The smallest absolute Gasteiger partial charge is 0.379 e. The standard InChI is InChI=1S/C20H31F3N4O.HI/c1-5-24-18(26-19(2,3)4)25-14-17(27-10-12-28-13-11-27)15-6-8-16(9-7-15)20(21,22)23;/h6-9,17H,5,10-14H2,1-4H3,(H2,24,25,26);1H. The maximum atomic E-state index is 12.9. The van der Waals surface area contributed by atoms with Crippen LogP contribution in [0.15, 0.2) is 29.3 Å². The second-order valence-corrected chi connectivity index (χ2v) is 7.88. The predicted octanol–water partition coefficient (Wildman–Crippen LogP) is 4.05. The van der Waals surface area contributed by atoms with E-state index in [1.807, 2.05) is 6.92 Å². The van der Waals surface area contributed by atoms with Crippen molar-refractivity contribution in [2.75, 3.05) is 39.4 Å². The number of nitrogens with one attached hydrogen (secondary N) is 2. The molecule has 2 rings (SSSR count). The van der Waals surface area contributed by atoms with Crippen molar-refractivity contribution in [2.45, 2.75) is 45.5 Å². The third kappa shape index (κ3) is 8.67. The molecule has 0 radical (unpaired) electrons. The monoisotopic (exact) mass is 528 g/mol. The first-order chi connectivity index (χ1) is 13.1. The van der Waals surface area contributed by atoms with Crippen molar-refractivity contribution in [1.82, 2.24) is 15.5 Å². The fourth-order valence-electron chi connectivity index (χ4n) is 3.06. The van der Waals surface area contributed by atoms with Gasteiger partial charge in [-0.2, -0.15) is 13.2 Å². The Morgan fingerprint density at radius 1 is 1.14 bits per heavy atom. The zero-order valence-electron chi connectivity index (χ0n) is 17.5. The first-order valence-electron chi connectivity index (χ1n) is 9.65. The summed E-state index contributed by atoms with van der Waals surface area (Å²) in [7, 11) is 0. The minimum absolute atomic E-state index is 0. The van der Waals surface area contributed by atoms with Crippen LogP contribution in [0.4, 0.5) is 13.2 Å². The molecule has 1 saturated heterocycles. The Balaban J connectivity index is 0.00000420. The van der Waals surface area contributed by atoms with Crippen LogP contribution in [-0.2, 0) is 10.9 Å². The summed E-state index contributed by atoms with van der Waals surface area (Å²) in [6, 6.07) is 5.29. The number of guanidine groups is 1. The van der Waals surface area contributed by atoms with Gasteiger partial charge in [0.2, 0.25) is 0 Å². The third-order valence-corrected chi connectivity index (χ3v) is 4.37. The molecule has 0 spiro atoms. The summed E-state index contributed by atoms with van der Waals surface area (Å²) in [5.41, 5.74) is 0.0394. The van der Waals surface area contributed by atoms with Crippen molar-refractivity contribution in [3.8, 4) is 0 Å². The van der Waals surface area contributed by atoms with Crippen LogP contribution >= 0.6 is 24.0 Å². The first-order valence-corrected chi connectivity index (χ1v) is 9.65. The summed E-state index contributed by atoms with van der Waals surface area (Å²) in [6.45, 7) is 12.0. The second-order valence-electron chi connectivity index (χ2n) is 7.88. The lowest BCUT2D eigenvalue weighted by molar-refractivity contribution is -0.137. The molecule has 1 atom stereocenters. The minimum Gasteiger partial charge on any atom is -0.379 e. The molecular formula is C20H32F3IN4O. The average molecular weight is 528 g/mol. The molecule has 0 bridgehead atoms. The van der Waals surface area contributed by atoms with Crippen LogP contribution in [0.2, 0.25) is 0 Å². The van der Waals surface area contributed by atoms with Crippen LogP contribution in [-0.4, -0.2) is 55.8 Å². The maximum Gasteiger partial charge on any atom is 0.416 e. The third-order valence-electron chi connectivity index (χ3n) is 4.37. The van der Waals surface area contributed by atoms with E-state index in [0.29, 0.717) is 25.7 Å². The maximum absolute atomic E-state index is 12.9. The van der Waals surface area contributed by atoms with Crippen molar-refractivity contribution in [2.24, 2.45) is 4.99 Å². The Labute approximate surface area is 188 Å². The molecule has 29 heavy (non-hydrogen) atoms. The van der Waals surface area contributed by atoms with Crippen molar-refractivity contribution in [3.63, 3.8) is 0 Å². The number of hydrogen-bond donors (Lipinski definition) is 2. The van der Waals surface area contributed by atoms with E-state index in [0.717, 1.165) is 37.3 Å². The van der Waals surface area contributed by atoms with Gasteiger partial charge < -0.3 is 15.4 Å². The minimum atomic E-state index is -4.33. The molecule has 1 aromatic rings. The highest BCUT2D eigenvalue weighted by molar-refractivity contribution is 14.0. The molecule has 1 aliphatic rings. The fourth-order valence-corrected chi connectivity index (χ4v) is 3.06. The first kappa shape index (κ1) is 26.0. The van der Waals surface area contributed by atoms with E-state index in [1.165, 1.54) is 0 Å². The summed E-state index contributed by atoms with van der Waals surface area (Å²) in [5.74, 6) is 0.695. The van der Waals surface area contributed by atoms with E-state index in [1.54, 1.807) is 12.1 Å². The lowest BCUT2D eigenvalue weighted by Crippen LogP contribution is -2.48. The van der Waals surface area contributed by atoms with Gasteiger partial charge in [0.25, 0.3) is 0 Å². The average Bonchev–Trinajstić information content (AvgIpc) is 2.61. The van der Waals surface area contributed by atoms with E-state index in [-0.39, 0.29) is 35.6 Å². The van der Waals surface area contributed by atoms with Gasteiger partial charge in [-0.25, -0.2) is 0 Å². The van der Waals surface area contributed by atoms with E-state index >= 15 is 0 Å². The molecular weight excluding hydrogens is 496 g/mol. The van der Waals surface area contributed by atoms with Gasteiger partial charge in [0.05, 0.1) is 31.4 Å². The van der Waals surface area contributed by atoms with E-state index < -0.39 is 11.7 Å². The second kappa shape index (κ2) is 11.4. The fraction of sp³-hybridized carbons (Fsp3) is 0.650. The van der Waals surface area contributed by atoms with Crippen LogP contribution in [0, 0.1) is 0 Å². The summed E-state index contributed by atoms with van der Waals surface area (Å²) in [6.07, 6.45) is -4.33. The Bertz CT molecular complexity index is 639. The Morgan fingerprint density at radius 2 is 1.72 bits per heavy atom. The predicted molar refractivity (Wildman–Crippen MR) is 121 cm³/mol. The van der Waals surface area contributed by atoms with Gasteiger partial charge in [-0.3, -0.25) is 9.89 Å². The SMILES string of the molecule is CCNC(=NCC(c1ccc(C(F)(F)F)cc1)N1CCOCC1)NC(C)(C)C.I. The van der Waals surface area contributed by atoms with Gasteiger partial charge in [-0.05, 0) is 45.4 Å². The molecule has 0 aromatic heterocycles. The Hall–Kier alpha value is -1.07. The molecule has 9 heteroatoms. The number of alkyl halides is 3. The van der Waals surface area contributed by atoms with Crippen molar-refractivity contribution < 1.29 is 17.9 Å². The number of ether oxygens (including phenoxy) is 1. The molecule has 1 aliphatic heterocycles. The molecule has 5 nitrogen and oxygen atoms in total. The zero-order chi connectivity index (χ0) is 20.8. The number of nitrogens with zero attached hydrogens (tertiary/aromatic N) is 2. The normalized spacial score (nSPS) is 17.4. The number of hydrogen-bond acceptors (Lipinski definition) is 3. The summed E-state index contributed by atoms with van der Waals surface area (Å²) >= 11 is 0. The lowest BCUT2D eigenvalue weighted by Gasteiger charge is -2.34. The largest absolute Gasteiger partial charge is 0.416 e. The number of halogens is 4. The van der Waals surface area contributed by atoms with Gasteiger partial charge >= 0.3 is 6.18 Å². The van der Waals surface area contributed by atoms with E-state index in [2.05, 4.69) is 36.3 Å². The quantitative estimate of drug-likeness (QED) is 0.344. The van der Waals surface area contributed by atoms with Gasteiger partial charge in [-0.1, -0.05) is 12.1 Å². The van der Waals surface area contributed by atoms with Gasteiger partial charge in [0.15, 0.2) is 5.96 Å². The van der Waals surface area contributed by atoms with Gasteiger partial charge in [-0.15, -0.1) is 24.0 Å². The van der Waals surface area contributed by atoms with Crippen LogP contribution in [0.5, 0.6) is 0 Å². The number of rotatable bonds is 5. The van der Waals surface area contributed by atoms with Crippen molar-refractivity contribution in [3.05, 3.63) is 35.4 Å².